The Balaban J connectivity index is 2.31. The molecule has 1 N–H and O–H groups in total. The first kappa shape index (κ1) is 15.8. The van der Waals surface area contributed by atoms with Gasteiger partial charge in [0.15, 0.2) is 0 Å². The molecule has 0 aliphatic rings. The van der Waals surface area contributed by atoms with Crippen molar-refractivity contribution in [3.63, 3.8) is 0 Å². The summed E-state index contributed by atoms with van der Waals surface area (Å²) >= 11 is 5.87. The summed E-state index contributed by atoms with van der Waals surface area (Å²) in [6.07, 6.45) is 0. The van der Waals surface area contributed by atoms with Crippen LogP contribution in [0.25, 0.3) is 11.1 Å². The molecule has 0 heterocycles. The van der Waals surface area contributed by atoms with Gasteiger partial charge in [0.05, 0.1) is 0 Å². The van der Waals surface area contributed by atoms with Crippen molar-refractivity contribution in [2.45, 2.75) is 6.92 Å². The highest BCUT2D eigenvalue weighted by molar-refractivity contribution is 6.30. The lowest BCUT2D eigenvalue weighted by Gasteiger charge is -2.06. The van der Waals surface area contributed by atoms with E-state index in [0.29, 0.717) is 16.3 Å². The van der Waals surface area contributed by atoms with Crippen molar-refractivity contribution in [1.82, 2.24) is 5.32 Å². The molecule has 0 fully saturated rings. The molecule has 2 aromatic rings. The predicted octanol–water partition coefficient (Wildman–Crippen LogP) is 4.21. The van der Waals surface area contributed by atoms with Gasteiger partial charge in [-0.15, -0.1) is 0 Å². The fourth-order valence-corrected chi connectivity index (χ4v) is 2.16. The van der Waals surface area contributed by atoms with Gasteiger partial charge in [0.25, 0.3) is 0 Å². The Labute approximate surface area is 134 Å². The molecular weight excluding hydrogens is 296 g/mol. The maximum Gasteiger partial charge on any atom is 0.205 e. The number of hydrogen-bond acceptors (Lipinski definition) is 3. The van der Waals surface area contributed by atoms with E-state index in [9.17, 15) is 4.79 Å². The average Bonchev–Trinajstić information content (AvgIpc) is 2.56. The van der Waals surface area contributed by atoms with Gasteiger partial charge in [0.1, 0.15) is 11.6 Å². The number of hydrogen-bond donors (Lipinski definition) is 1. The molecule has 0 aliphatic carbocycles. The summed E-state index contributed by atoms with van der Waals surface area (Å²) in [6.45, 7) is 1.71. The summed E-state index contributed by atoms with van der Waals surface area (Å²) in [6, 6.07) is 16.6. The number of carbonyl (C=O) groups is 1. The van der Waals surface area contributed by atoms with Gasteiger partial charge in [-0.05, 0) is 30.2 Å². The standard InChI is InChI=1S/C18H15ClN2O/c1-12(21-2)17(11-20)18(22)15-5-3-13(4-6-15)14-7-9-16(19)10-8-14/h3-10,21H,1-2H3/b17-12+. The predicted molar refractivity (Wildman–Crippen MR) is 88.6 cm³/mol. The number of benzene rings is 2. The maximum atomic E-state index is 12.3. The number of allylic oxidation sites excluding steroid dienone is 2. The summed E-state index contributed by atoms with van der Waals surface area (Å²) in [4.78, 5) is 12.3. The summed E-state index contributed by atoms with van der Waals surface area (Å²) in [5.41, 5.74) is 3.19. The van der Waals surface area contributed by atoms with Crippen LogP contribution in [0.3, 0.4) is 0 Å². The number of nitrogens with zero attached hydrogens (tertiary/aromatic N) is 1. The maximum absolute atomic E-state index is 12.3. The third kappa shape index (κ3) is 3.36. The zero-order chi connectivity index (χ0) is 16.1. The molecule has 4 heteroatoms. The molecule has 0 amide bonds. The van der Waals surface area contributed by atoms with E-state index in [1.165, 1.54) is 0 Å². The fourth-order valence-electron chi connectivity index (χ4n) is 2.03. The third-order valence-electron chi connectivity index (χ3n) is 3.41. The van der Waals surface area contributed by atoms with Crippen LogP contribution in [0, 0.1) is 11.3 Å². The first-order valence-corrected chi connectivity index (χ1v) is 7.14. The Hall–Kier alpha value is -2.57. The first-order chi connectivity index (χ1) is 10.6. The van der Waals surface area contributed by atoms with Gasteiger partial charge in [-0.2, -0.15) is 5.26 Å². The van der Waals surface area contributed by atoms with E-state index < -0.39 is 0 Å². The minimum Gasteiger partial charge on any atom is -0.390 e. The zero-order valence-corrected chi connectivity index (χ0v) is 13.1. The lowest BCUT2D eigenvalue weighted by atomic mass is 9.99. The molecule has 22 heavy (non-hydrogen) atoms. The van der Waals surface area contributed by atoms with E-state index >= 15 is 0 Å². The topological polar surface area (TPSA) is 52.9 Å². The van der Waals surface area contributed by atoms with Crippen molar-refractivity contribution >= 4 is 17.4 Å². The van der Waals surface area contributed by atoms with E-state index in [1.54, 1.807) is 26.1 Å². The number of nitriles is 1. The van der Waals surface area contributed by atoms with Crippen LogP contribution in [0.5, 0.6) is 0 Å². The van der Waals surface area contributed by atoms with Crippen LogP contribution in [0.2, 0.25) is 5.02 Å². The Morgan fingerprint density at radius 1 is 1.05 bits per heavy atom. The van der Waals surface area contributed by atoms with Crippen molar-refractivity contribution in [3.05, 3.63) is 70.4 Å². The lowest BCUT2D eigenvalue weighted by Crippen LogP contribution is -2.11. The second-order valence-corrected chi connectivity index (χ2v) is 5.21. The van der Waals surface area contributed by atoms with Gasteiger partial charge < -0.3 is 5.32 Å². The molecule has 0 atom stereocenters. The summed E-state index contributed by atoms with van der Waals surface area (Å²) in [5.74, 6) is -0.281. The molecule has 2 aromatic carbocycles. The van der Waals surface area contributed by atoms with Crippen molar-refractivity contribution in [2.24, 2.45) is 0 Å². The number of Topliss-reactive ketones (excluding diaryl/α,β-unsaturated/α-hetero) is 1. The molecule has 0 saturated heterocycles. The average molecular weight is 311 g/mol. The van der Waals surface area contributed by atoms with E-state index in [-0.39, 0.29) is 11.4 Å². The van der Waals surface area contributed by atoms with Gasteiger partial charge >= 0.3 is 0 Å². The second-order valence-electron chi connectivity index (χ2n) is 4.78. The van der Waals surface area contributed by atoms with Crippen LogP contribution in [-0.4, -0.2) is 12.8 Å². The van der Waals surface area contributed by atoms with Crippen LogP contribution in [0.1, 0.15) is 17.3 Å². The number of halogens is 1. The highest BCUT2D eigenvalue weighted by Crippen LogP contribution is 2.22. The lowest BCUT2D eigenvalue weighted by molar-refractivity contribution is 0.103. The first-order valence-electron chi connectivity index (χ1n) is 6.76. The molecule has 110 valence electrons. The molecule has 0 spiro atoms. The minimum atomic E-state index is -0.281. The molecule has 2 rings (SSSR count). The third-order valence-corrected chi connectivity index (χ3v) is 3.67. The summed E-state index contributed by atoms with van der Waals surface area (Å²) in [5, 5.41) is 12.7. The van der Waals surface area contributed by atoms with Crippen LogP contribution in [0.15, 0.2) is 59.8 Å². The minimum absolute atomic E-state index is 0.127. The Kier molecular flexibility index (Phi) is 4.98. The SMILES string of the molecule is CN/C(C)=C(\C#N)C(=O)c1ccc(-c2ccc(Cl)cc2)cc1. The van der Waals surface area contributed by atoms with E-state index in [4.69, 9.17) is 16.9 Å². The van der Waals surface area contributed by atoms with Crippen LogP contribution >= 0.6 is 11.6 Å². The van der Waals surface area contributed by atoms with Crippen LogP contribution < -0.4 is 5.32 Å². The normalized spacial score (nSPS) is 11.4. The fraction of sp³-hybridized carbons (Fsp3) is 0.111. The Morgan fingerprint density at radius 2 is 1.55 bits per heavy atom. The molecule has 0 aromatic heterocycles. The largest absolute Gasteiger partial charge is 0.390 e. The highest BCUT2D eigenvalue weighted by atomic mass is 35.5. The van der Waals surface area contributed by atoms with Gasteiger partial charge in [-0.1, -0.05) is 48.0 Å². The molecule has 0 aliphatic heterocycles. The molecule has 0 bridgehead atoms. The van der Waals surface area contributed by atoms with Gasteiger partial charge in [0, 0.05) is 23.3 Å². The summed E-state index contributed by atoms with van der Waals surface area (Å²) < 4.78 is 0. The number of carbonyl (C=O) groups excluding carboxylic acids is 1. The molecule has 0 saturated carbocycles. The van der Waals surface area contributed by atoms with Crippen LogP contribution in [0.4, 0.5) is 0 Å². The van der Waals surface area contributed by atoms with Gasteiger partial charge in [0.2, 0.25) is 5.78 Å². The zero-order valence-electron chi connectivity index (χ0n) is 12.4. The second kappa shape index (κ2) is 6.93. The van der Waals surface area contributed by atoms with Crippen LogP contribution in [-0.2, 0) is 0 Å². The van der Waals surface area contributed by atoms with E-state index in [0.717, 1.165) is 11.1 Å². The van der Waals surface area contributed by atoms with Gasteiger partial charge in [-0.25, -0.2) is 0 Å². The monoisotopic (exact) mass is 310 g/mol. The van der Waals surface area contributed by atoms with E-state index in [1.807, 2.05) is 42.5 Å². The molecular formula is C18H15ClN2O. The van der Waals surface area contributed by atoms with E-state index in [2.05, 4.69) is 5.32 Å². The van der Waals surface area contributed by atoms with Crippen molar-refractivity contribution < 1.29 is 4.79 Å². The summed E-state index contributed by atoms with van der Waals surface area (Å²) in [7, 11) is 1.68. The van der Waals surface area contributed by atoms with Crippen molar-refractivity contribution in [3.8, 4) is 17.2 Å². The number of rotatable bonds is 4. The quantitative estimate of drug-likeness (QED) is 0.523. The van der Waals surface area contributed by atoms with Crippen molar-refractivity contribution in [1.29, 1.82) is 5.26 Å². The van der Waals surface area contributed by atoms with Gasteiger partial charge in [-0.3, -0.25) is 4.79 Å². The molecule has 0 unspecified atom stereocenters. The Bertz CT molecular complexity index is 753. The number of nitrogens with one attached hydrogen (secondary N) is 1. The molecule has 3 nitrogen and oxygen atoms in total. The smallest absolute Gasteiger partial charge is 0.205 e. The Morgan fingerprint density at radius 3 is 2.00 bits per heavy atom. The van der Waals surface area contributed by atoms with Crippen molar-refractivity contribution in [2.75, 3.05) is 7.05 Å². The molecule has 0 radical (unpaired) electrons. The number of ketones is 1. The highest BCUT2D eigenvalue weighted by Gasteiger charge is 2.14.